The minimum atomic E-state index is -4.32. The molecule has 1 fully saturated rings. The molecule has 0 spiro atoms. The largest absolute Gasteiger partial charge is 0.401 e. The van der Waals surface area contributed by atoms with Gasteiger partial charge in [-0.1, -0.05) is 6.07 Å². The Morgan fingerprint density at radius 2 is 1.97 bits per heavy atom. The molecule has 2 aliphatic heterocycles. The highest BCUT2D eigenvalue weighted by Gasteiger charge is 2.41. The molecule has 0 unspecified atom stereocenters. The van der Waals surface area contributed by atoms with Crippen LogP contribution in [0.25, 0.3) is 5.69 Å². The maximum absolute atomic E-state index is 13.6. The lowest BCUT2D eigenvalue weighted by Crippen LogP contribution is -2.54. The van der Waals surface area contributed by atoms with Gasteiger partial charge in [-0.3, -0.25) is 19.2 Å². The van der Waals surface area contributed by atoms with Crippen LogP contribution in [0, 0.1) is 0 Å². The molecule has 5 rings (SSSR count). The van der Waals surface area contributed by atoms with Gasteiger partial charge in [0.15, 0.2) is 0 Å². The summed E-state index contributed by atoms with van der Waals surface area (Å²) in [5.74, 6) is 0. The number of anilines is 1. The number of pyridine rings is 1. The number of benzene rings is 1. The molecule has 1 aromatic carbocycles. The van der Waals surface area contributed by atoms with E-state index in [-0.39, 0.29) is 18.8 Å². The first-order valence-electron chi connectivity index (χ1n) is 12.3. The lowest BCUT2D eigenvalue weighted by Gasteiger charge is -2.42. The van der Waals surface area contributed by atoms with Crippen molar-refractivity contribution in [2.24, 2.45) is 0 Å². The fourth-order valence-corrected chi connectivity index (χ4v) is 5.27. The topological polar surface area (TPSA) is 49.2 Å². The molecule has 0 saturated carbocycles. The van der Waals surface area contributed by atoms with Gasteiger partial charge in [0.25, 0.3) is 0 Å². The van der Waals surface area contributed by atoms with Crippen molar-refractivity contribution in [3.05, 3.63) is 71.8 Å². The minimum Gasteiger partial charge on any atom is -0.378 e. The summed E-state index contributed by atoms with van der Waals surface area (Å²) in [6.45, 7) is 2.96. The maximum atomic E-state index is 13.6. The SMILES string of the molecule is C[C@@H]1Cc2cc(-n3cccn3)ccc2[C@@H](c2ccc(NC3CN(CCCF)C3)cn2)N1CC(F)(F)F. The standard InChI is InChI=1S/C26H30F4N6/c1-18-12-19-13-22(36-11-3-9-32-36)5-6-23(19)25(35(18)17-26(28,29)30)24-7-4-20(14-31-24)33-21-15-34(16-21)10-2-8-27/h3-7,9,11,13-14,18,21,25,33H,2,8,10,12,15-17H2,1H3/t18-,25+/m1/s1. The van der Waals surface area contributed by atoms with Gasteiger partial charge in [-0.25, -0.2) is 4.68 Å². The quantitative estimate of drug-likeness (QED) is 0.456. The number of halogens is 4. The summed E-state index contributed by atoms with van der Waals surface area (Å²) in [5, 5.41) is 7.69. The zero-order valence-electron chi connectivity index (χ0n) is 20.1. The van der Waals surface area contributed by atoms with Gasteiger partial charge in [0.1, 0.15) is 0 Å². The van der Waals surface area contributed by atoms with Crippen LogP contribution in [0.15, 0.2) is 55.0 Å². The minimum absolute atomic E-state index is 0.259. The van der Waals surface area contributed by atoms with Gasteiger partial charge >= 0.3 is 6.18 Å². The van der Waals surface area contributed by atoms with Gasteiger partial charge in [-0.2, -0.15) is 18.3 Å². The smallest absolute Gasteiger partial charge is 0.378 e. The van der Waals surface area contributed by atoms with Gasteiger partial charge in [0.2, 0.25) is 0 Å². The monoisotopic (exact) mass is 502 g/mol. The van der Waals surface area contributed by atoms with Crippen LogP contribution in [-0.4, -0.2) is 75.7 Å². The second-order valence-corrected chi connectivity index (χ2v) is 9.69. The van der Waals surface area contributed by atoms with Gasteiger partial charge < -0.3 is 5.32 Å². The number of rotatable bonds is 8. The van der Waals surface area contributed by atoms with Crippen LogP contribution in [0.2, 0.25) is 0 Å². The number of likely N-dealkylation sites (tertiary alicyclic amines) is 1. The first-order valence-corrected chi connectivity index (χ1v) is 12.3. The zero-order chi connectivity index (χ0) is 25.3. The second kappa shape index (κ2) is 10.2. The van der Waals surface area contributed by atoms with Crippen molar-refractivity contribution in [2.45, 2.75) is 44.1 Å². The fraction of sp³-hybridized carbons (Fsp3) is 0.462. The highest BCUT2D eigenvalue weighted by molar-refractivity contribution is 5.48. The number of nitrogens with one attached hydrogen (secondary N) is 1. The number of nitrogens with zero attached hydrogens (tertiary/aromatic N) is 5. The van der Waals surface area contributed by atoms with Crippen molar-refractivity contribution >= 4 is 5.69 Å². The van der Waals surface area contributed by atoms with E-state index >= 15 is 0 Å². The molecule has 0 aliphatic carbocycles. The Balaban J connectivity index is 1.39. The Bertz CT molecular complexity index is 1140. The molecule has 1 saturated heterocycles. The molecule has 6 nitrogen and oxygen atoms in total. The Hall–Kier alpha value is -2.98. The summed E-state index contributed by atoms with van der Waals surface area (Å²) in [6, 6.07) is 10.7. The number of alkyl halides is 4. The zero-order valence-corrected chi connectivity index (χ0v) is 20.1. The lowest BCUT2D eigenvalue weighted by molar-refractivity contribution is -0.155. The van der Waals surface area contributed by atoms with Crippen LogP contribution in [0.3, 0.4) is 0 Å². The van der Waals surface area contributed by atoms with Crippen molar-refractivity contribution in [1.82, 2.24) is 24.6 Å². The van der Waals surface area contributed by atoms with Crippen molar-refractivity contribution in [3.63, 3.8) is 0 Å². The third kappa shape index (κ3) is 5.39. The highest BCUT2D eigenvalue weighted by Crippen LogP contribution is 2.39. The predicted octanol–water partition coefficient (Wildman–Crippen LogP) is 4.62. The average Bonchev–Trinajstić information content (AvgIpc) is 3.35. The van der Waals surface area contributed by atoms with Crippen LogP contribution in [0.1, 0.15) is 36.2 Å². The summed E-state index contributed by atoms with van der Waals surface area (Å²) in [5.41, 5.74) is 4.13. The van der Waals surface area contributed by atoms with Gasteiger partial charge in [-0.05, 0) is 61.2 Å². The summed E-state index contributed by atoms with van der Waals surface area (Å²) in [7, 11) is 0. The summed E-state index contributed by atoms with van der Waals surface area (Å²) >= 11 is 0. The van der Waals surface area contributed by atoms with E-state index in [4.69, 9.17) is 0 Å². The van der Waals surface area contributed by atoms with Crippen molar-refractivity contribution in [2.75, 3.05) is 38.2 Å². The third-order valence-electron chi connectivity index (χ3n) is 6.97. The number of hydrogen-bond donors (Lipinski definition) is 1. The Morgan fingerprint density at radius 1 is 1.14 bits per heavy atom. The second-order valence-electron chi connectivity index (χ2n) is 9.69. The van der Waals surface area contributed by atoms with Crippen LogP contribution < -0.4 is 5.32 Å². The van der Waals surface area contributed by atoms with E-state index in [2.05, 4.69) is 20.3 Å². The van der Waals surface area contributed by atoms with Crippen molar-refractivity contribution in [3.8, 4) is 5.69 Å². The molecule has 0 amide bonds. The molecule has 36 heavy (non-hydrogen) atoms. The number of aromatic nitrogens is 3. The van der Waals surface area contributed by atoms with Gasteiger partial charge in [0, 0.05) is 38.1 Å². The number of fused-ring (bicyclic) bond motifs is 1. The predicted molar refractivity (Wildman–Crippen MR) is 130 cm³/mol. The molecular formula is C26H30F4N6. The normalized spacial score (nSPS) is 21.2. The average molecular weight is 503 g/mol. The molecule has 2 aromatic heterocycles. The van der Waals surface area contributed by atoms with Crippen LogP contribution in [-0.2, 0) is 6.42 Å². The molecular weight excluding hydrogens is 472 g/mol. The van der Waals surface area contributed by atoms with Crippen molar-refractivity contribution < 1.29 is 17.6 Å². The van der Waals surface area contributed by atoms with Crippen LogP contribution in [0.5, 0.6) is 0 Å². The Labute approximate surface area is 207 Å². The first kappa shape index (κ1) is 24.7. The fourth-order valence-electron chi connectivity index (χ4n) is 5.27. The molecule has 1 N–H and O–H groups in total. The van der Waals surface area contributed by atoms with E-state index < -0.39 is 18.8 Å². The Kier molecular flexibility index (Phi) is 6.98. The maximum Gasteiger partial charge on any atom is 0.401 e. The molecule has 0 radical (unpaired) electrons. The van der Waals surface area contributed by atoms with Crippen LogP contribution in [0.4, 0.5) is 23.2 Å². The molecule has 2 aliphatic rings. The van der Waals surface area contributed by atoms with Crippen molar-refractivity contribution in [1.29, 1.82) is 0 Å². The summed E-state index contributed by atoms with van der Waals surface area (Å²) in [6.07, 6.45) is 1.97. The molecule has 2 atom stereocenters. The van der Waals surface area contributed by atoms with E-state index in [9.17, 15) is 17.6 Å². The molecule has 192 valence electrons. The molecule has 10 heteroatoms. The van der Waals surface area contributed by atoms with Crippen LogP contribution >= 0.6 is 0 Å². The lowest BCUT2D eigenvalue weighted by atomic mass is 9.86. The summed E-state index contributed by atoms with van der Waals surface area (Å²) < 4.78 is 54.8. The number of hydrogen-bond acceptors (Lipinski definition) is 5. The van der Waals surface area contributed by atoms with E-state index in [1.165, 1.54) is 4.90 Å². The van der Waals surface area contributed by atoms with Gasteiger partial charge in [-0.15, -0.1) is 0 Å². The van der Waals surface area contributed by atoms with E-state index in [0.29, 0.717) is 18.5 Å². The summed E-state index contributed by atoms with van der Waals surface area (Å²) in [4.78, 5) is 8.30. The van der Waals surface area contributed by atoms with E-state index in [1.54, 1.807) is 17.1 Å². The Morgan fingerprint density at radius 3 is 2.64 bits per heavy atom. The van der Waals surface area contributed by atoms with Gasteiger partial charge in [0.05, 0.1) is 48.6 Å². The molecule has 0 bridgehead atoms. The third-order valence-corrected chi connectivity index (χ3v) is 6.97. The molecule has 3 aromatic rings. The molecule has 4 heterocycles. The highest BCUT2D eigenvalue weighted by atomic mass is 19.4. The van der Waals surface area contributed by atoms with E-state index in [1.807, 2.05) is 49.5 Å². The van der Waals surface area contributed by atoms with E-state index in [0.717, 1.165) is 42.1 Å². The first-order chi connectivity index (χ1) is 17.3.